The van der Waals surface area contributed by atoms with E-state index in [0.29, 0.717) is 18.5 Å². The highest BCUT2D eigenvalue weighted by molar-refractivity contribution is 5.94. The molecule has 140 valence electrons. The lowest BCUT2D eigenvalue weighted by Gasteiger charge is -2.13. The first-order valence-corrected chi connectivity index (χ1v) is 8.08. The summed E-state index contributed by atoms with van der Waals surface area (Å²) in [5.74, 6) is 0.0459. The first kappa shape index (κ1) is 19.5. The summed E-state index contributed by atoms with van der Waals surface area (Å²) in [6.07, 6.45) is 0.535. The molecule has 7 heteroatoms. The normalized spacial score (nSPS) is 10.5. The Kier molecular flexibility index (Phi) is 6.77. The highest BCUT2D eigenvalue weighted by Crippen LogP contribution is 2.29. The molecule has 0 unspecified atom stereocenters. The van der Waals surface area contributed by atoms with Gasteiger partial charge in [0.1, 0.15) is 0 Å². The van der Waals surface area contributed by atoms with E-state index < -0.39 is 6.61 Å². The van der Waals surface area contributed by atoms with Crippen LogP contribution in [0.3, 0.4) is 0 Å². The van der Waals surface area contributed by atoms with E-state index >= 15 is 0 Å². The second kappa shape index (κ2) is 9.03. The Morgan fingerprint density at radius 2 is 1.81 bits per heavy atom. The Hall–Kier alpha value is -2.83. The van der Waals surface area contributed by atoms with E-state index in [2.05, 4.69) is 10.1 Å². The molecule has 2 aromatic rings. The lowest BCUT2D eigenvalue weighted by molar-refractivity contribution is -0.0512. The molecule has 5 nitrogen and oxygen atoms in total. The largest absolute Gasteiger partial charge is 0.493 e. The van der Waals surface area contributed by atoms with Crippen molar-refractivity contribution in [3.63, 3.8) is 0 Å². The summed E-state index contributed by atoms with van der Waals surface area (Å²) < 4.78 is 34.1. The smallest absolute Gasteiger partial charge is 0.387 e. The molecular weight excluding hydrogens is 342 g/mol. The minimum atomic E-state index is -2.91. The number of nitrogens with one attached hydrogen (secondary N) is 1. The quantitative estimate of drug-likeness (QED) is 0.781. The second-order valence-electron chi connectivity index (χ2n) is 5.81. The van der Waals surface area contributed by atoms with Gasteiger partial charge in [0, 0.05) is 31.9 Å². The van der Waals surface area contributed by atoms with Crippen LogP contribution in [-0.2, 0) is 6.42 Å². The number of hydrogen-bond donors (Lipinski definition) is 1. The first-order chi connectivity index (χ1) is 12.4. The highest BCUT2D eigenvalue weighted by atomic mass is 19.3. The molecule has 2 rings (SSSR count). The molecule has 2 aromatic carbocycles. The molecule has 0 aliphatic carbocycles. The molecule has 26 heavy (non-hydrogen) atoms. The summed E-state index contributed by atoms with van der Waals surface area (Å²) in [6.45, 7) is -2.50. The van der Waals surface area contributed by atoms with Gasteiger partial charge in [-0.2, -0.15) is 8.78 Å². The third-order valence-corrected chi connectivity index (χ3v) is 3.79. The number of anilines is 1. The molecule has 0 spiro atoms. The van der Waals surface area contributed by atoms with Crippen molar-refractivity contribution in [2.24, 2.45) is 0 Å². The monoisotopic (exact) mass is 364 g/mol. The maximum absolute atomic E-state index is 12.3. The third kappa shape index (κ3) is 5.34. The van der Waals surface area contributed by atoms with Crippen molar-refractivity contribution >= 4 is 11.6 Å². The molecule has 1 N–H and O–H groups in total. The van der Waals surface area contributed by atoms with Gasteiger partial charge in [-0.25, -0.2) is 0 Å². The molecule has 0 radical (unpaired) electrons. The third-order valence-electron chi connectivity index (χ3n) is 3.79. The van der Waals surface area contributed by atoms with Crippen LogP contribution >= 0.6 is 0 Å². The van der Waals surface area contributed by atoms with Crippen LogP contribution in [0.5, 0.6) is 11.5 Å². The Morgan fingerprint density at radius 1 is 1.12 bits per heavy atom. The summed E-state index contributed by atoms with van der Waals surface area (Å²) in [4.78, 5) is 14.1. The van der Waals surface area contributed by atoms with E-state index in [9.17, 15) is 13.6 Å². The summed E-state index contributed by atoms with van der Waals surface area (Å²) in [6, 6.07) is 12.0. The van der Waals surface area contributed by atoms with Crippen molar-refractivity contribution in [1.82, 2.24) is 5.32 Å². The number of rotatable bonds is 8. The van der Waals surface area contributed by atoms with Crippen molar-refractivity contribution in [3.05, 3.63) is 53.6 Å². The van der Waals surface area contributed by atoms with Crippen LogP contribution in [0.4, 0.5) is 14.5 Å². The number of alkyl halides is 2. The molecule has 0 saturated heterocycles. The number of ether oxygens (including phenoxy) is 2. The van der Waals surface area contributed by atoms with Crippen LogP contribution in [0.15, 0.2) is 42.5 Å². The Balaban J connectivity index is 1.91. The number of carbonyl (C=O) groups excluding carboxylic acids is 1. The molecule has 0 aliphatic rings. The van der Waals surface area contributed by atoms with Crippen molar-refractivity contribution in [2.45, 2.75) is 13.0 Å². The standard InChI is InChI=1S/C19H22F2N2O3/c1-23(2)15-7-5-14(6-8-15)18(24)22-11-10-13-4-9-16(26-19(20)21)17(12-13)25-3/h4-9,12,19H,10-11H2,1-3H3,(H,22,24). The topological polar surface area (TPSA) is 50.8 Å². The van der Waals surface area contributed by atoms with Crippen LogP contribution in [0.2, 0.25) is 0 Å². The minimum Gasteiger partial charge on any atom is -0.493 e. The number of carbonyl (C=O) groups is 1. The summed E-state index contributed by atoms with van der Waals surface area (Å²) in [5, 5.41) is 2.84. The number of halogens is 2. The fourth-order valence-electron chi connectivity index (χ4n) is 2.39. The van der Waals surface area contributed by atoms with E-state index in [1.807, 2.05) is 31.1 Å². The SMILES string of the molecule is COc1cc(CCNC(=O)c2ccc(N(C)C)cc2)ccc1OC(F)F. The van der Waals surface area contributed by atoms with Gasteiger partial charge in [-0.3, -0.25) is 4.79 Å². The zero-order chi connectivity index (χ0) is 19.1. The molecule has 1 amide bonds. The fourth-order valence-corrected chi connectivity index (χ4v) is 2.39. The number of benzene rings is 2. The van der Waals surface area contributed by atoms with Crippen LogP contribution in [0.1, 0.15) is 15.9 Å². The van der Waals surface area contributed by atoms with E-state index in [1.165, 1.54) is 13.2 Å². The average Bonchev–Trinajstić information content (AvgIpc) is 2.62. The first-order valence-electron chi connectivity index (χ1n) is 8.08. The molecule has 0 fully saturated rings. The summed E-state index contributed by atoms with van der Waals surface area (Å²) in [7, 11) is 5.25. The van der Waals surface area contributed by atoms with E-state index in [1.54, 1.807) is 24.3 Å². The van der Waals surface area contributed by atoms with E-state index in [4.69, 9.17) is 4.74 Å². The maximum atomic E-state index is 12.3. The Bertz CT molecular complexity index is 734. The average molecular weight is 364 g/mol. The zero-order valence-electron chi connectivity index (χ0n) is 15.0. The minimum absolute atomic E-state index is 0.0173. The number of nitrogens with zero attached hydrogens (tertiary/aromatic N) is 1. The van der Waals surface area contributed by atoms with Crippen LogP contribution in [0.25, 0.3) is 0 Å². The van der Waals surface area contributed by atoms with Gasteiger partial charge in [-0.1, -0.05) is 6.07 Å². The van der Waals surface area contributed by atoms with Gasteiger partial charge < -0.3 is 19.7 Å². The molecule has 0 atom stereocenters. The number of hydrogen-bond acceptors (Lipinski definition) is 4. The van der Waals surface area contributed by atoms with E-state index in [0.717, 1.165) is 11.3 Å². The summed E-state index contributed by atoms with van der Waals surface area (Å²) in [5.41, 5.74) is 2.43. The summed E-state index contributed by atoms with van der Waals surface area (Å²) >= 11 is 0. The van der Waals surface area contributed by atoms with Crippen molar-refractivity contribution in [3.8, 4) is 11.5 Å². The molecule has 0 saturated carbocycles. The van der Waals surface area contributed by atoms with Crippen molar-refractivity contribution in [1.29, 1.82) is 0 Å². The van der Waals surface area contributed by atoms with Gasteiger partial charge in [-0.15, -0.1) is 0 Å². The van der Waals surface area contributed by atoms with Gasteiger partial charge in [0.05, 0.1) is 7.11 Å². The van der Waals surface area contributed by atoms with Crippen LogP contribution < -0.4 is 19.7 Å². The lowest BCUT2D eigenvalue weighted by Crippen LogP contribution is -2.25. The van der Waals surface area contributed by atoms with Gasteiger partial charge >= 0.3 is 6.61 Å². The zero-order valence-corrected chi connectivity index (χ0v) is 15.0. The number of methoxy groups -OCH3 is 1. The second-order valence-corrected chi connectivity index (χ2v) is 5.81. The van der Waals surface area contributed by atoms with Gasteiger partial charge in [0.2, 0.25) is 0 Å². The maximum Gasteiger partial charge on any atom is 0.387 e. The lowest BCUT2D eigenvalue weighted by atomic mass is 10.1. The van der Waals surface area contributed by atoms with Crippen molar-refractivity contribution < 1.29 is 23.0 Å². The Morgan fingerprint density at radius 3 is 2.38 bits per heavy atom. The highest BCUT2D eigenvalue weighted by Gasteiger charge is 2.11. The van der Waals surface area contributed by atoms with Gasteiger partial charge in [0.15, 0.2) is 11.5 Å². The molecule has 0 aromatic heterocycles. The predicted molar refractivity (Wildman–Crippen MR) is 96.4 cm³/mol. The van der Waals surface area contributed by atoms with E-state index in [-0.39, 0.29) is 17.4 Å². The van der Waals surface area contributed by atoms with Crippen molar-refractivity contribution in [2.75, 3.05) is 32.6 Å². The molecule has 0 aliphatic heterocycles. The molecular formula is C19H22F2N2O3. The predicted octanol–water partition coefficient (Wildman–Crippen LogP) is 3.34. The fraction of sp³-hybridized carbons (Fsp3) is 0.316. The number of amides is 1. The van der Waals surface area contributed by atoms with Gasteiger partial charge in [0.25, 0.3) is 5.91 Å². The molecule has 0 bridgehead atoms. The van der Waals surface area contributed by atoms with Crippen LogP contribution in [0, 0.1) is 0 Å². The van der Waals surface area contributed by atoms with Crippen LogP contribution in [-0.4, -0.2) is 40.3 Å². The Labute approximate surface area is 151 Å². The molecule has 0 heterocycles. The van der Waals surface area contributed by atoms with Gasteiger partial charge in [-0.05, 0) is 48.4 Å².